The fourth-order valence-electron chi connectivity index (χ4n) is 3.73. The summed E-state index contributed by atoms with van der Waals surface area (Å²) in [6.07, 6.45) is 3.01. The minimum Gasteiger partial charge on any atom is -0.487 e. The summed E-state index contributed by atoms with van der Waals surface area (Å²) in [6, 6.07) is 0. The summed E-state index contributed by atoms with van der Waals surface area (Å²) in [6.45, 7) is 0. The Balaban J connectivity index is 1.97. The second kappa shape index (κ2) is 6.28. The number of carbonyl (C=O) groups is 1. The number of hydrogen-bond acceptors (Lipinski definition) is 4. The topological polar surface area (TPSA) is 72.5 Å². The SMILES string of the molecule is CNC(=O)C1=CC(Cl)=C(OC2CC3CCC2C3)C(=S(=O)=O)C1F. The average Bonchev–Trinajstić information content (AvgIpc) is 3.12. The Morgan fingerprint density at radius 2 is 2.13 bits per heavy atom. The fraction of sp³-hybridized carbons (Fsp3) is 0.600. The van der Waals surface area contributed by atoms with Gasteiger partial charge in [-0.15, -0.1) is 0 Å². The molecule has 1 amide bonds. The molecule has 5 nitrogen and oxygen atoms in total. The minimum atomic E-state index is -2.87. The predicted molar refractivity (Wildman–Crippen MR) is 84.2 cm³/mol. The molecule has 0 saturated heterocycles. The summed E-state index contributed by atoms with van der Waals surface area (Å²) >= 11 is 6.10. The summed E-state index contributed by atoms with van der Waals surface area (Å²) in [4.78, 5) is 11.1. The Morgan fingerprint density at radius 1 is 1.39 bits per heavy atom. The number of amides is 1. The van der Waals surface area contributed by atoms with Gasteiger partial charge in [-0.2, -0.15) is 8.42 Å². The number of likely N-dealkylation sites (N-methyl/N-ethyl adjacent to an activating group) is 1. The van der Waals surface area contributed by atoms with E-state index in [-0.39, 0.29) is 22.5 Å². The van der Waals surface area contributed by atoms with E-state index in [1.807, 2.05) is 0 Å². The number of fused-ring (bicyclic) bond motifs is 2. The van der Waals surface area contributed by atoms with Crippen LogP contribution in [0, 0.1) is 11.8 Å². The molecule has 126 valence electrons. The molecule has 0 heterocycles. The summed E-state index contributed by atoms with van der Waals surface area (Å²) in [7, 11) is -1.53. The van der Waals surface area contributed by atoms with Crippen LogP contribution in [0.4, 0.5) is 4.39 Å². The highest BCUT2D eigenvalue weighted by Gasteiger charge is 2.43. The number of nitrogens with one attached hydrogen (secondary N) is 1. The van der Waals surface area contributed by atoms with Gasteiger partial charge in [0.15, 0.2) is 16.8 Å². The first kappa shape index (κ1) is 16.5. The lowest BCUT2D eigenvalue weighted by Crippen LogP contribution is -2.36. The van der Waals surface area contributed by atoms with Gasteiger partial charge in [0.05, 0.1) is 10.6 Å². The number of ether oxygens (including phenoxy) is 1. The molecule has 3 aliphatic carbocycles. The van der Waals surface area contributed by atoms with E-state index in [4.69, 9.17) is 16.3 Å². The highest BCUT2D eigenvalue weighted by molar-refractivity contribution is 7.73. The van der Waals surface area contributed by atoms with Crippen LogP contribution < -0.4 is 5.32 Å². The van der Waals surface area contributed by atoms with Crippen LogP contribution in [0.1, 0.15) is 25.7 Å². The molecule has 0 aromatic rings. The zero-order chi connectivity index (χ0) is 16.7. The van der Waals surface area contributed by atoms with E-state index in [0.29, 0.717) is 11.8 Å². The standard InChI is InChI=1S/C15H17ClFNO4S/c1-18-15(19)9-6-10(16)13(14(12(9)17)23(20)21)22-11-5-7-2-3-8(11)4-7/h6-8,11-12H,2-5H2,1H3,(H,18,19). The van der Waals surface area contributed by atoms with Gasteiger partial charge >= 0.3 is 0 Å². The van der Waals surface area contributed by atoms with Gasteiger partial charge in [0.2, 0.25) is 16.2 Å². The maximum absolute atomic E-state index is 14.6. The largest absolute Gasteiger partial charge is 0.487 e. The molecule has 3 aliphatic rings. The minimum absolute atomic E-state index is 0.0560. The van der Waals surface area contributed by atoms with Crippen LogP contribution in [0.15, 0.2) is 22.4 Å². The normalized spacial score (nSPS) is 32.8. The van der Waals surface area contributed by atoms with Gasteiger partial charge in [-0.1, -0.05) is 11.6 Å². The van der Waals surface area contributed by atoms with Crippen LogP contribution in [-0.2, 0) is 19.8 Å². The first-order chi connectivity index (χ1) is 10.9. The maximum Gasteiger partial charge on any atom is 0.250 e. The Kier molecular flexibility index (Phi) is 4.51. The van der Waals surface area contributed by atoms with Gasteiger partial charge in [0, 0.05) is 7.05 Å². The van der Waals surface area contributed by atoms with Gasteiger partial charge in [0.25, 0.3) is 0 Å². The van der Waals surface area contributed by atoms with E-state index in [9.17, 15) is 17.6 Å². The second-order valence-electron chi connectivity index (χ2n) is 6.15. The summed E-state index contributed by atoms with van der Waals surface area (Å²) in [5.41, 5.74) is -0.336. The van der Waals surface area contributed by atoms with Crippen LogP contribution in [0.5, 0.6) is 0 Å². The number of alkyl halides is 1. The number of rotatable bonds is 3. The number of allylic oxidation sites excluding steroid dienone is 3. The van der Waals surface area contributed by atoms with Crippen molar-refractivity contribution in [2.45, 2.75) is 38.0 Å². The molecular formula is C15H17ClFNO4S. The molecule has 0 aliphatic heterocycles. The maximum atomic E-state index is 14.6. The second-order valence-corrected chi connectivity index (χ2v) is 7.46. The third-order valence-electron chi connectivity index (χ3n) is 4.84. The van der Waals surface area contributed by atoms with Crippen LogP contribution in [0.3, 0.4) is 0 Å². The average molecular weight is 362 g/mol. The molecule has 4 unspecified atom stereocenters. The molecule has 0 radical (unpaired) electrons. The Bertz CT molecular complexity index is 735. The molecule has 3 rings (SSSR count). The van der Waals surface area contributed by atoms with E-state index in [0.717, 1.165) is 31.8 Å². The lowest BCUT2D eigenvalue weighted by molar-refractivity contribution is -0.117. The molecule has 0 spiro atoms. The molecular weight excluding hydrogens is 345 g/mol. The van der Waals surface area contributed by atoms with E-state index >= 15 is 0 Å². The molecule has 2 fully saturated rings. The van der Waals surface area contributed by atoms with Crippen LogP contribution in [0.25, 0.3) is 0 Å². The highest BCUT2D eigenvalue weighted by atomic mass is 35.5. The molecule has 0 aromatic carbocycles. The van der Waals surface area contributed by atoms with E-state index < -0.39 is 27.2 Å². The van der Waals surface area contributed by atoms with Crippen molar-refractivity contribution in [3.63, 3.8) is 0 Å². The van der Waals surface area contributed by atoms with E-state index in [1.165, 1.54) is 7.05 Å². The van der Waals surface area contributed by atoms with Crippen molar-refractivity contribution in [1.82, 2.24) is 5.32 Å². The van der Waals surface area contributed by atoms with Crippen LogP contribution in [0.2, 0.25) is 0 Å². The van der Waals surface area contributed by atoms with E-state index in [2.05, 4.69) is 5.32 Å². The lowest BCUT2D eigenvalue weighted by atomic mass is 9.96. The molecule has 8 heteroatoms. The highest BCUT2D eigenvalue weighted by Crippen LogP contribution is 2.47. The number of halogens is 2. The molecule has 2 saturated carbocycles. The van der Waals surface area contributed by atoms with Crippen molar-refractivity contribution < 1.29 is 22.3 Å². The van der Waals surface area contributed by atoms with Gasteiger partial charge in [-0.25, -0.2) is 4.39 Å². The van der Waals surface area contributed by atoms with Gasteiger partial charge in [-0.3, -0.25) is 4.79 Å². The molecule has 23 heavy (non-hydrogen) atoms. The predicted octanol–water partition coefficient (Wildman–Crippen LogP) is 1.72. The Hall–Kier alpha value is -1.34. The quantitative estimate of drug-likeness (QED) is 0.777. The van der Waals surface area contributed by atoms with Crippen molar-refractivity contribution in [3.8, 4) is 0 Å². The first-order valence-corrected chi connectivity index (χ1v) is 8.98. The number of carbonyl (C=O) groups excluding carboxylic acids is 1. The van der Waals surface area contributed by atoms with Crippen molar-refractivity contribution in [2.24, 2.45) is 11.8 Å². The lowest BCUT2D eigenvalue weighted by Gasteiger charge is -2.27. The third-order valence-corrected chi connectivity index (χ3v) is 5.87. The zero-order valence-corrected chi connectivity index (χ0v) is 14.1. The molecule has 1 N–H and O–H groups in total. The monoisotopic (exact) mass is 361 g/mol. The summed E-state index contributed by atoms with van der Waals surface area (Å²) < 4.78 is 43.4. The van der Waals surface area contributed by atoms with Crippen molar-refractivity contribution in [2.75, 3.05) is 7.05 Å². The molecule has 0 aromatic heterocycles. The van der Waals surface area contributed by atoms with Gasteiger partial charge < -0.3 is 10.1 Å². The van der Waals surface area contributed by atoms with Gasteiger partial charge in [-0.05, 0) is 43.6 Å². The van der Waals surface area contributed by atoms with Crippen molar-refractivity contribution in [3.05, 3.63) is 22.4 Å². The molecule has 4 atom stereocenters. The Morgan fingerprint density at radius 3 is 2.65 bits per heavy atom. The zero-order valence-electron chi connectivity index (χ0n) is 12.5. The molecule has 2 bridgehead atoms. The Labute approximate surface area is 140 Å². The fourth-order valence-corrected chi connectivity index (χ4v) is 4.66. The third kappa shape index (κ3) is 2.92. The van der Waals surface area contributed by atoms with Crippen LogP contribution in [-0.4, -0.2) is 38.5 Å². The van der Waals surface area contributed by atoms with E-state index in [1.54, 1.807) is 0 Å². The summed E-state index contributed by atoms with van der Waals surface area (Å²) in [5.74, 6) is 0.0864. The van der Waals surface area contributed by atoms with Crippen molar-refractivity contribution >= 4 is 32.7 Å². The van der Waals surface area contributed by atoms with Crippen molar-refractivity contribution in [1.29, 1.82) is 0 Å². The van der Waals surface area contributed by atoms with Crippen LogP contribution >= 0.6 is 11.6 Å². The summed E-state index contributed by atoms with van der Waals surface area (Å²) in [5, 5.41) is 2.22. The first-order valence-electron chi connectivity index (χ1n) is 7.53. The smallest absolute Gasteiger partial charge is 0.250 e. The number of hydrogen-bond donors (Lipinski definition) is 1. The van der Waals surface area contributed by atoms with Gasteiger partial charge in [0.1, 0.15) is 6.10 Å².